The minimum Gasteiger partial charge on any atom is -0.306 e. The zero-order valence-corrected chi connectivity index (χ0v) is 16.0. The molecule has 134 valence electrons. The molecule has 1 fully saturated rings. The number of nitrogens with one attached hydrogen (secondary N) is 1. The molecule has 0 aromatic carbocycles. The molecule has 1 aliphatic heterocycles. The van der Waals surface area contributed by atoms with Crippen LogP contribution in [0.25, 0.3) is 0 Å². The number of carbonyl (C=O) groups excluding carboxylic acids is 1. The first kappa shape index (κ1) is 18.3. The second kappa shape index (κ2) is 7.41. The van der Waals surface area contributed by atoms with Crippen molar-refractivity contribution in [3.05, 3.63) is 39.7 Å². The van der Waals surface area contributed by atoms with E-state index in [-0.39, 0.29) is 4.90 Å². The summed E-state index contributed by atoms with van der Waals surface area (Å²) in [7, 11) is -3.55. The van der Waals surface area contributed by atoms with Crippen LogP contribution in [0, 0.1) is 5.92 Å². The standard InChI is InChI=1S/C16H18ClN3O3S2/c1-11-4-6-20(7-5-11)25(22,23)13-8-14(24-10-13)16(21)19-15-3-2-12(17)9-18-15/h2-3,8-11H,4-7H2,1H3,(H,18,19,21). The second-order valence-electron chi connectivity index (χ2n) is 6.05. The van der Waals surface area contributed by atoms with E-state index < -0.39 is 15.9 Å². The number of aromatic nitrogens is 1. The van der Waals surface area contributed by atoms with Crippen LogP contribution in [0.4, 0.5) is 5.82 Å². The number of pyridine rings is 1. The van der Waals surface area contributed by atoms with Gasteiger partial charge in [0.2, 0.25) is 10.0 Å². The van der Waals surface area contributed by atoms with Gasteiger partial charge in [0.25, 0.3) is 5.91 Å². The molecule has 2 aromatic rings. The van der Waals surface area contributed by atoms with Crippen molar-refractivity contribution in [3.63, 3.8) is 0 Å². The number of anilines is 1. The van der Waals surface area contributed by atoms with Gasteiger partial charge < -0.3 is 5.32 Å². The lowest BCUT2D eigenvalue weighted by molar-refractivity contribution is 0.103. The molecule has 0 unspecified atom stereocenters. The predicted molar refractivity (Wildman–Crippen MR) is 98.7 cm³/mol. The van der Waals surface area contributed by atoms with Crippen LogP contribution in [0.2, 0.25) is 5.02 Å². The van der Waals surface area contributed by atoms with Crippen LogP contribution < -0.4 is 5.32 Å². The van der Waals surface area contributed by atoms with Crippen molar-refractivity contribution in [1.82, 2.24) is 9.29 Å². The maximum absolute atomic E-state index is 12.7. The van der Waals surface area contributed by atoms with Gasteiger partial charge in [-0.05, 0) is 37.0 Å². The Morgan fingerprint density at radius 1 is 1.36 bits per heavy atom. The van der Waals surface area contributed by atoms with Crippen molar-refractivity contribution < 1.29 is 13.2 Å². The van der Waals surface area contributed by atoms with Crippen LogP contribution in [0.1, 0.15) is 29.4 Å². The Morgan fingerprint density at radius 2 is 2.08 bits per heavy atom. The minimum atomic E-state index is -3.55. The summed E-state index contributed by atoms with van der Waals surface area (Å²) in [5, 5.41) is 4.61. The Balaban J connectivity index is 1.73. The lowest BCUT2D eigenvalue weighted by Crippen LogP contribution is -2.37. The number of piperidine rings is 1. The highest BCUT2D eigenvalue weighted by molar-refractivity contribution is 7.89. The topological polar surface area (TPSA) is 79.4 Å². The number of rotatable bonds is 4. The molecular formula is C16H18ClN3O3S2. The number of hydrogen-bond donors (Lipinski definition) is 1. The van der Waals surface area contributed by atoms with Crippen LogP contribution in [-0.2, 0) is 10.0 Å². The zero-order valence-electron chi connectivity index (χ0n) is 13.6. The molecule has 25 heavy (non-hydrogen) atoms. The molecule has 1 saturated heterocycles. The number of nitrogens with zero attached hydrogens (tertiary/aromatic N) is 2. The molecule has 2 aromatic heterocycles. The fourth-order valence-corrected chi connectivity index (χ4v) is 5.31. The molecule has 0 saturated carbocycles. The molecule has 0 spiro atoms. The number of amides is 1. The third-order valence-corrected chi connectivity index (χ3v) is 7.33. The molecule has 3 heterocycles. The SMILES string of the molecule is CC1CCN(S(=O)(=O)c2csc(C(=O)Nc3ccc(Cl)cn3)c2)CC1. The van der Waals surface area contributed by atoms with Crippen LogP contribution in [0.5, 0.6) is 0 Å². The van der Waals surface area contributed by atoms with E-state index in [1.54, 1.807) is 12.1 Å². The first-order valence-corrected chi connectivity index (χ1v) is 10.6. The summed E-state index contributed by atoms with van der Waals surface area (Å²) >= 11 is 6.86. The maximum atomic E-state index is 12.7. The lowest BCUT2D eigenvalue weighted by Gasteiger charge is -2.29. The Hall–Kier alpha value is -1.48. The lowest BCUT2D eigenvalue weighted by atomic mass is 10.0. The van der Waals surface area contributed by atoms with Gasteiger partial charge in [0, 0.05) is 24.7 Å². The summed E-state index contributed by atoms with van der Waals surface area (Å²) in [5.74, 6) is 0.507. The Labute approximate surface area is 155 Å². The van der Waals surface area contributed by atoms with E-state index in [1.807, 2.05) is 0 Å². The van der Waals surface area contributed by atoms with Crippen molar-refractivity contribution in [3.8, 4) is 0 Å². The molecule has 9 heteroatoms. The van der Waals surface area contributed by atoms with Gasteiger partial charge >= 0.3 is 0 Å². The molecule has 0 bridgehead atoms. The number of sulfonamides is 1. The fraction of sp³-hybridized carbons (Fsp3) is 0.375. The molecule has 3 rings (SSSR count). The largest absolute Gasteiger partial charge is 0.306 e. The number of halogens is 1. The highest BCUT2D eigenvalue weighted by Gasteiger charge is 2.29. The van der Waals surface area contributed by atoms with E-state index in [0.29, 0.717) is 34.7 Å². The van der Waals surface area contributed by atoms with E-state index in [4.69, 9.17) is 11.6 Å². The van der Waals surface area contributed by atoms with E-state index >= 15 is 0 Å². The van der Waals surface area contributed by atoms with E-state index in [9.17, 15) is 13.2 Å². The van der Waals surface area contributed by atoms with Crippen LogP contribution in [-0.4, -0.2) is 36.7 Å². The van der Waals surface area contributed by atoms with Gasteiger partial charge in [-0.1, -0.05) is 18.5 Å². The van der Waals surface area contributed by atoms with Crippen molar-refractivity contribution >= 4 is 44.7 Å². The smallest absolute Gasteiger partial charge is 0.266 e. The summed E-state index contributed by atoms with van der Waals surface area (Å²) in [6.45, 7) is 3.17. The van der Waals surface area contributed by atoms with Gasteiger partial charge in [-0.15, -0.1) is 11.3 Å². The first-order valence-electron chi connectivity index (χ1n) is 7.88. The molecule has 1 aliphatic rings. The van der Waals surface area contributed by atoms with E-state index in [0.717, 1.165) is 24.2 Å². The van der Waals surface area contributed by atoms with E-state index in [1.165, 1.54) is 21.9 Å². The number of hydrogen-bond acceptors (Lipinski definition) is 5. The van der Waals surface area contributed by atoms with Gasteiger partial charge in [0.15, 0.2) is 0 Å². The molecule has 6 nitrogen and oxygen atoms in total. The average molecular weight is 400 g/mol. The zero-order chi connectivity index (χ0) is 18.0. The minimum absolute atomic E-state index is 0.168. The summed E-state index contributed by atoms with van der Waals surface area (Å²) in [4.78, 5) is 16.8. The Kier molecular flexibility index (Phi) is 5.43. The van der Waals surface area contributed by atoms with Gasteiger partial charge in [0.1, 0.15) is 5.82 Å². The second-order valence-corrected chi connectivity index (χ2v) is 9.33. The highest BCUT2D eigenvalue weighted by atomic mass is 35.5. The van der Waals surface area contributed by atoms with Crippen molar-refractivity contribution in [2.45, 2.75) is 24.7 Å². The van der Waals surface area contributed by atoms with Gasteiger partial charge in [-0.3, -0.25) is 4.79 Å². The van der Waals surface area contributed by atoms with E-state index in [2.05, 4.69) is 17.2 Å². The monoisotopic (exact) mass is 399 g/mol. The van der Waals surface area contributed by atoms with Crippen LogP contribution in [0.3, 0.4) is 0 Å². The summed E-state index contributed by atoms with van der Waals surface area (Å²) in [6, 6.07) is 4.62. The predicted octanol–water partition coefficient (Wildman–Crippen LogP) is 3.47. The fourth-order valence-electron chi connectivity index (χ4n) is 2.58. The molecule has 0 radical (unpaired) electrons. The van der Waals surface area contributed by atoms with Gasteiger partial charge in [0.05, 0.1) is 14.8 Å². The van der Waals surface area contributed by atoms with Gasteiger partial charge in [-0.25, -0.2) is 13.4 Å². The summed E-state index contributed by atoms with van der Waals surface area (Å²) in [5.41, 5.74) is 0. The quantitative estimate of drug-likeness (QED) is 0.853. The van der Waals surface area contributed by atoms with Gasteiger partial charge in [-0.2, -0.15) is 4.31 Å². The third-order valence-electron chi connectivity index (χ3n) is 4.15. The molecular weight excluding hydrogens is 382 g/mol. The normalized spacial score (nSPS) is 16.7. The molecule has 0 atom stereocenters. The Morgan fingerprint density at radius 3 is 2.72 bits per heavy atom. The third kappa shape index (κ3) is 4.20. The number of carbonyl (C=O) groups is 1. The average Bonchev–Trinajstić information content (AvgIpc) is 3.08. The van der Waals surface area contributed by atoms with Crippen LogP contribution >= 0.6 is 22.9 Å². The van der Waals surface area contributed by atoms with Crippen molar-refractivity contribution in [2.24, 2.45) is 5.92 Å². The highest BCUT2D eigenvalue weighted by Crippen LogP contribution is 2.27. The van der Waals surface area contributed by atoms with Crippen molar-refractivity contribution in [2.75, 3.05) is 18.4 Å². The Bertz CT molecular complexity index is 857. The first-order chi connectivity index (χ1) is 11.9. The molecule has 0 aliphatic carbocycles. The maximum Gasteiger partial charge on any atom is 0.266 e. The number of thiophene rings is 1. The molecule has 1 amide bonds. The van der Waals surface area contributed by atoms with Crippen molar-refractivity contribution in [1.29, 1.82) is 0 Å². The van der Waals surface area contributed by atoms with Crippen LogP contribution in [0.15, 0.2) is 34.7 Å². The summed E-state index contributed by atoms with van der Waals surface area (Å²) < 4.78 is 26.9. The molecule has 1 N–H and O–H groups in total. The summed E-state index contributed by atoms with van der Waals surface area (Å²) in [6.07, 6.45) is 3.15.